The van der Waals surface area contributed by atoms with Crippen molar-refractivity contribution in [3.63, 3.8) is 0 Å². The zero-order chi connectivity index (χ0) is 17.0. The van der Waals surface area contributed by atoms with Crippen LogP contribution in [0.5, 0.6) is 0 Å². The molecule has 0 aliphatic heterocycles. The minimum absolute atomic E-state index is 0.00736. The van der Waals surface area contributed by atoms with Gasteiger partial charge in [-0.2, -0.15) is 0 Å². The quantitative estimate of drug-likeness (QED) is 0.811. The molecule has 0 aliphatic carbocycles. The third-order valence-corrected chi connectivity index (χ3v) is 3.30. The second kappa shape index (κ2) is 7.09. The van der Waals surface area contributed by atoms with Gasteiger partial charge in [0.15, 0.2) is 0 Å². The van der Waals surface area contributed by atoms with Crippen LogP contribution in [0.1, 0.15) is 36.8 Å². The van der Waals surface area contributed by atoms with Crippen LogP contribution in [0.25, 0.3) is 10.9 Å². The molecule has 0 saturated heterocycles. The maximum atomic E-state index is 12.7. The molecular formula is C17H22N4O2. The van der Waals surface area contributed by atoms with Gasteiger partial charge in [0, 0.05) is 18.0 Å². The van der Waals surface area contributed by atoms with Crippen LogP contribution in [-0.2, 0) is 0 Å². The maximum Gasteiger partial charge on any atom is 0.319 e. The lowest BCUT2D eigenvalue weighted by Crippen LogP contribution is -2.33. The van der Waals surface area contributed by atoms with Crippen LogP contribution >= 0.6 is 0 Å². The lowest BCUT2D eigenvalue weighted by molar-refractivity contribution is 0.0945. The molecule has 0 bridgehead atoms. The smallest absolute Gasteiger partial charge is 0.319 e. The number of benzene rings is 1. The summed E-state index contributed by atoms with van der Waals surface area (Å²) in [6.45, 7) is 7.90. The van der Waals surface area contributed by atoms with Crippen LogP contribution in [0.3, 0.4) is 0 Å². The Labute approximate surface area is 135 Å². The molecule has 6 heteroatoms. The average Bonchev–Trinajstić information content (AvgIpc) is 2.47. The van der Waals surface area contributed by atoms with E-state index in [0.29, 0.717) is 28.9 Å². The summed E-state index contributed by atoms with van der Waals surface area (Å²) in [5.74, 6) is -0.228. The number of amides is 3. The summed E-state index contributed by atoms with van der Waals surface area (Å²) in [7, 11) is 0. The number of aromatic nitrogens is 1. The predicted molar refractivity (Wildman–Crippen MR) is 91.8 cm³/mol. The van der Waals surface area contributed by atoms with E-state index >= 15 is 0 Å². The summed E-state index contributed by atoms with van der Waals surface area (Å²) in [5.41, 5.74) is 2.20. The number of pyridine rings is 1. The van der Waals surface area contributed by atoms with E-state index < -0.39 is 0 Å². The second-order valence-corrected chi connectivity index (χ2v) is 5.58. The fourth-order valence-electron chi connectivity index (χ4n) is 2.38. The Morgan fingerprint density at radius 1 is 1.22 bits per heavy atom. The molecule has 0 atom stereocenters. The van der Waals surface area contributed by atoms with Crippen molar-refractivity contribution in [2.24, 2.45) is 0 Å². The molecule has 0 aliphatic rings. The molecule has 0 unspecified atom stereocenters. The van der Waals surface area contributed by atoms with E-state index in [2.05, 4.69) is 20.9 Å². The molecule has 0 saturated carbocycles. The molecule has 6 nitrogen and oxygen atoms in total. The molecule has 1 heterocycles. The third kappa shape index (κ3) is 3.77. The normalized spacial score (nSPS) is 10.7. The molecule has 2 rings (SSSR count). The molecule has 0 radical (unpaired) electrons. The van der Waals surface area contributed by atoms with Crippen LogP contribution in [0.15, 0.2) is 24.3 Å². The zero-order valence-electron chi connectivity index (χ0n) is 13.9. The molecule has 122 valence electrons. The fourth-order valence-corrected chi connectivity index (χ4v) is 2.38. The van der Waals surface area contributed by atoms with Crippen molar-refractivity contribution in [3.05, 3.63) is 35.5 Å². The standard InChI is InChI=1S/C17H22N4O2/c1-5-18-17(23)21-15-11(4)20-13-9-7-6-8-12(13)14(15)16(22)19-10(2)3/h6-10H,5H2,1-4H3,(H,19,22)(H2,18,21,23). The van der Waals surface area contributed by atoms with Crippen molar-refractivity contribution < 1.29 is 9.59 Å². The second-order valence-electron chi connectivity index (χ2n) is 5.58. The summed E-state index contributed by atoms with van der Waals surface area (Å²) in [4.78, 5) is 29.1. The highest BCUT2D eigenvalue weighted by Crippen LogP contribution is 2.27. The third-order valence-electron chi connectivity index (χ3n) is 3.30. The van der Waals surface area contributed by atoms with E-state index in [1.54, 1.807) is 6.92 Å². The molecule has 3 amide bonds. The monoisotopic (exact) mass is 314 g/mol. The van der Waals surface area contributed by atoms with E-state index in [0.717, 1.165) is 5.52 Å². The lowest BCUT2D eigenvalue weighted by Gasteiger charge is -2.17. The molecule has 1 aromatic carbocycles. The van der Waals surface area contributed by atoms with Crippen LogP contribution < -0.4 is 16.0 Å². The predicted octanol–water partition coefficient (Wildman–Crippen LogP) is 2.82. The van der Waals surface area contributed by atoms with Crippen molar-refractivity contribution in [1.29, 1.82) is 0 Å². The van der Waals surface area contributed by atoms with Gasteiger partial charge in [-0.25, -0.2) is 4.79 Å². The largest absolute Gasteiger partial charge is 0.350 e. The van der Waals surface area contributed by atoms with Gasteiger partial charge in [-0.3, -0.25) is 9.78 Å². The van der Waals surface area contributed by atoms with Crippen molar-refractivity contribution in [3.8, 4) is 0 Å². The van der Waals surface area contributed by atoms with Gasteiger partial charge >= 0.3 is 6.03 Å². The summed E-state index contributed by atoms with van der Waals surface area (Å²) < 4.78 is 0. The minimum Gasteiger partial charge on any atom is -0.350 e. The van der Waals surface area contributed by atoms with Gasteiger partial charge in [0.2, 0.25) is 0 Å². The van der Waals surface area contributed by atoms with E-state index in [9.17, 15) is 9.59 Å². The van der Waals surface area contributed by atoms with Gasteiger partial charge in [-0.15, -0.1) is 0 Å². The number of anilines is 1. The highest BCUT2D eigenvalue weighted by molar-refractivity contribution is 6.13. The van der Waals surface area contributed by atoms with Crippen LogP contribution in [0.2, 0.25) is 0 Å². The van der Waals surface area contributed by atoms with E-state index in [4.69, 9.17) is 0 Å². The lowest BCUT2D eigenvalue weighted by atomic mass is 10.0. The molecular weight excluding hydrogens is 292 g/mol. The number of aryl methyl sites for hydroxylation is 1. The molecule has 1 aromatic heterocycles. The Morgan fingerprint density at radius 3 is 2.57 bits per heavy atom. The van der Waals surface area contributed by atoms with Crippen LogP contribution in [0.4, 0.5) is 10.5 Å². The van der Waals surface area contributed by atoms with E-state index in [1.807, 2.05) is 45.0 Å². The number of para-hydroxylation sites is 1. The Morgan fingerprint density at radius 2 is 1.91 bits per heavy atom. The number of rotatable bonds is 4. The first kappa shape index (κ1) is 16.7. The highest BCUT2D eigenvalue weighted by Gasteiger charge is 2.20. The molecule has 3 N–H and O–H groups in total. The number of carbonyl (C=O) groups excluding carboxylic acids is 2. The number of urea groups is 1. The number of hydrogen-bond acceptors (Lipinski definition) is 3. The Bertz CT molecular complexity index is 741. The van der Waals surface area contributed by atoms with Crippen molar-refractivity contribution >= 4 is 28.5 Å². The van der Waals surface area contributed by atoms with Gasteiger partial charge in [-0.05, 0) is 33.8 Å². The van der Waals surface area contributed by atoms with E-state index in [1.165, 1.54) is 0 Å². The summed E-state index contributed by atoms with van der Waals surface area (Å²) in [6.07, 6.45) is 0. The summed E-state index contributed by atoms with van der Waals surface area (Å²) in [6, 6.07) is 7.04. The Kier molecular flexibility index (Phi) is 5.16. The summed E-state index contributed by atoms with van der Waals surface area (Å²) >= 11 is 0. The van der Waals surface area contributed by atoms with Gasteiger partial charge in [-0.1, -0.05) is 18.2 Å². The average molecular weight is 314 g/mol. The Balaban J connectivity index is 2.61. The summed E-state index contributed by atoms with van der Waals surface area (Å²) in [5, 5.41) is 9.02. The number of fused-ring (bicyclic) bond motifs is 1. The Hall–Kier alpha value is -2.63. The first-order chi connectivity index (χ1) is 10.9. The van der Waals surface area contributed by atoms with Crippen LogP contribution in [0, 0.1) is 6.92 Å². The first-order valence-corrected chi connectivity index (χ1v) is 7.69. The van der Waals surface area contributed by atoms with Gasteiger partial charge < -0.3 is 16.0 Å². The van der Waals surface area contributed by atoms with Gasteiger partial charge in [0.05, 0.1) is 22.5 Å². The SMILES string of the molecule is CCNC(=O)Nc1c(C)nc2ccccc2c1C(=O)NC(C)C. The number of nitrogens with one attached hydrogen (secondary N) is 3. The number of hydrogen-bond donors (Lipinski definition) is 3. The highest BCUT2D eigenvalue weighted by atomic mass is 16.2. The maximum absolute atomic E-state index is 12.7. The van der Waals surface area contributed by atoms with Crippen molar-refractivity contribution in [2.75, 3.05) is 11.9 Å². The first-order valence-electron chi connectivity index (χ1n) is 7.69. The minimum atomic E-state index is -0.355. The van der Waals surface area contributed by atoms with Crippen molar-refractivity contribution in [1.82, 2.24) is 15.6 Å². The van der Waals surface area contributed by atoms with Crippen LogP contribution in [-0.4, -0.2) is 29.5 Å². The number of carbonyl (C=O) groups is 2. The van der Waals surface area contributed by atoms with Crippen molar-refractivity contribution in [2.45, 2.75) is 33.7 Å². The van der Waals surface area contributed by atoms with Gasteiger partial charge in [0.25, 0.3) is 5.91 Å². The molecule has 0 spiro atoms. The molecule has 0 fully saturated rings. The topological polar surface area (TPSA) is 83.1 Å². The number of nitrogens with zero attached hydrogens (tertiary/aromatic N) is 1. The fraction of sp³-hybridized carbons (Fsp3) is 0.353. The van der Waals surface area contributed by atoms with E-state index in [-0.39, 0.29) is 18.0 Å². The molecule has 2 aromatic rings. The zero-order valence-corrected chi connectivity index (χ0v) is 13.9. The molecule has 23 heavy (non-hydrogen) atoms. The van der Waals surface area contributed by atoms with Gasteiger partial charge in [0.1, 0.15) is 0 Å².